The second kappa shape index (κ2) is 11.6. The maximum atomic E-state index is 13.7. The van der Waals surface area contributed by atoms with Gasteiger partial charge < -0.3 is 18.9 Å². The molecule has 10 nitrogen and oxygen atoms in total. The molecular formula is C29H32N6O4. The quantitative estimate of drug-likeness (QED) is 0.272. The van der Waals surface area contributed by atoms with Gasteiger partial charge in [0.05, 0.1) is 33.1 Å². The zero-order valence-corrected chi connectivity index (χ0v) is 22.5. The zero-order chi connectivity index (χ0) is 27.4. The summed E-state index contributed by atoms with van der Waals surface area (Å²) in [7, 11) is 3.27. The molecule has 39 heavy (non-hydrogen) atoms. The van der Waals surface area contributed by atoms with Gasteiger partial charge in [0, 0.05) is 24.7 Å². The lowest BCUT2D eigenvalue weighted by Gasteiger charge is -2.30. The van der Waals surface area contributed by atoms with E-state index >= 15 is 0 Å². The Kier molecular flexibility index (Phi) is 7.85. The number of H-pyrrole nitrogens is 1. The summed E-state index contributed by atoms with van der Waals surface area (Å²) in [6.07, 6.45) is 1.65. The van der Waals surface area contributed by atoms with E-state index in [1.807, 2.05) is 55.5 Å². The third-order valence-electron chi connectivity index (χ3n) is 6.94. The highest BCUT2D eigenvalue weighted by molar-refractivity contribution is 5.81. The summed E-state index contributed by atoms with van der Waals surface area (Å²) in [6, 6.07) is 17.1. The molecule has 202 valence electrons. The molecule has 0 spiro atoms. The molecule has 0 bridgehead atoms. The van der Waals surface area contributed by atoms with Gasteiger partial charge in [-0.25, -0.2) is 4.68 Å². The van der Waals surface area contributed by atoms with Crippen molar-refractivity contribution < 1.29 is 13.9 Å². The maximum Gasteiger partial charge on any atom is 0.253 e. The fourth-order valence-corrected chi connectivity index (χ4v) is 4.75. The lowest BCUT2D eigenvalue weighted by Crippen LogP contribution is -2.35. The molecule has 0 aliphatic carbocycles. The monoisotopic (exact) mass is 528 g/mol. The number of aromatic nitrogens is 5. The number of tetrazole rings is 1. The van der Waals surface area contributed by atoms with E-state index < -0.39 is 6.04 Å². The highest BCUT2D eigenvalue weighted by Crippen LogP contribution is 2.31. The number of fused-ring (bicyclic) bond motifs is 1. The Bertz CT molecular complexity index is 1590. The van der Waals surface area contributed by atoms with E-state index in [9.17, 15) is 4.79 Å². The Morgan fingerprint density at radius 1 is 1.05 bits per heavy atom. The Labute approximate surface area is 226 Å². The number of furan rings is 1. The number of pyridine rings is 1. The first-order valence-electron chi connectivity index (χ1n) is 12.8. The first kappa shape index (κ1) is 26.3. The van der Waals surface area contributed by atoms with Gasteiger partial charge in [0.2, 0.25) is 0 Å². The molecule has 10 heteroatoms. The van der Waals surface area contributed by atoms with Crippen LogP contribution in [0.25, 0.3) is 10.9 Å². The van der Waals surface area contributed by atoms with Crippen LogP contribution in [-0.4, -0.2) is 50.9 Å². The molecule has 5 aromatic rings. The number of nitrogens with zero attached hydrogens (tertiary/aromatic N) is 5. The number of aryl methyl sites for hydroxylation is 2. The number of hydrogen-bond donors (Lipinski definition) is 1. The number of rotatable bonds is 11. The van der Waals surface area contributed by atoms with E-state index in [4.69, 9.17) is 13.9 Å². The van der Waals surface area contributed by atoms with Crippen LogP contribution in [0.5, 0.6) is 5.75 Å². The van der Waals surface area contributed by atoms with Crippen LogP contribution in [0.2, 0.25) is 0 Å². The first-order valence-corrected chi connectivity index (χ1v) is 12.8. The average Bonchev–Trinajstić information content (AvgIpc) is 3.62. The number of methoxy groups -OCH3 is 2. The summed E-state index contributed by atoms with van der Waals surface area (Å²) in [5.74, 6) is 2.07. The van der Waals surface area contributed by atoms with Crippen molar-refractivity contribution in [2.45, 2.75) is 39.5 Å². The normalized spacial score (nSPS) is 12.3. The van der Waals surface area contributed by atoms with Crippen LogP contribution < -0.4 is 10.3 Å². The summed E-state index contributed by atoms with van der Waals surface area (Å²) >= 11 is 0. The lowest BCUT2D eigenvalue weighted by atomic mass is 10.00. The van der Waals surface area contributed by atoms with Crippen molar-refractivity contribution in [2.75, 3.05) is 20.8 Å². The molecule has 5 rings (SSSR count). The van der Waals surface area contributed by atoms with Gasteiger partial charge >= 0.3 is 0 Å². The van der Waals surface area contributed by atoms with Gasteiger partial charge in [0.15, 0.2) is 5.82 Å². The van der Waals surface area contributed by atoms with Crippen LogP contribution in [0.15, 0.2) is 70.1 Å². The second-order valence-electron chi connectivity index (χ2n) is 9.57. The number of hydrogen-bond acceptors (Lipinski definition) is 8. The summed E-state index contributed by atoms with van der Waals surface area (Å²) in [5, 5.41) is 13.6. The van der Waals surface area contributed by atoms with E-state index in [1.54, 1.807) is 25.2 Å². The molecular weight excluding hydrogens is 496 g/mol. The van der Waals surface area contributed by atoms with Crippen molar-refractivity contribution in [3.63, 3.8) is 0 Å². The number of nitrogens with one attached hydrogen (secondary N) is 1. The second-order valence-corrected chi connectivity index (χ2v) is 9.57. The fraction of sp³-hybridized carbons (Fsp3) is 0.310. The number of aromatic amines is 1. The van der Waals surface area contributed by atoms with Crippen LogP contribution in [-0.2, 0) is 24.4 Å². The minimum Gasteiger partial charge on any atom is -0.497 e. The molecule has 1 N–H and O–H groups in total. The molecule has 3 heterocycles. The van der Waals surface area contributed by atoms with Gasteiger partial charge in [-0.05, 0) is 88.8 Å². The standard InChI is InChI=1S/C29H32N6O4/c1-19-14-22-16-25(29(36)30-26(22)15-20(19)2)27(28-31-32-33-35(28)11-13-37-3)34(18-24-6-5-12-39-24)17-21-7-9-23(38-4)10-8-21/h5-10,12,14-16,27H,11,13,17-18H2,1-4H3,(H,30,36)/t27-/m1/s1. The van der Waals surface area contributed by atoms with Crippen molar-refractivity contribution >= 4 is 10.9 Å². The maximum absolute atomic E-state index is 13.7. The molecule has 3 aromatic heterocycles. The van der Waals surface area contributed by atoms with Gasteiger partial charge in [0.1, 0.15) is 17.6 Å². The smallest absolute Gasteiger partial charge is 0.253 e. The molecule has 0 saturated heterocycles. The topological polar surface area (TPSA) is 111 Å². The molecule has 0 saturated carbocycles. The molecule has 1 atom stereocenters. The SMILES string of the molecule is COCCn1nnnc1[C@@H](c1cc2cc(C)c(C)cc2[nH]c1=O)N(Cc1ccc(OC)cc1)Cc1ccco1. The van der Waals surface area contributed by atoms with Crippen LogP contribution in [0.4, 0.5) is 0 Å². The van der Waals surface area contributed by atoms with Gasteiger partial charge in [-0.3, -0.25) is 9.69 Å². The summed E-state index contributed by atoms with van der Waals surface area (Å²) in [5.41, 5.74) is 4.43. The van der Waals surface area contributed by atoms with Crippen LogP contribution >= 0.6 is 0 Å². The molecule has 0 aliphatic heterocycles. The molecule has 0 fully saturated rings. The molecule has 0 aliphatic rings. The van der Waals surface area contributed by atoms with Gasteiger partial charge in [-0.2, -0.15) is 0 Å². The fourth-order valence-electron chi connectivity index (χ4n) is 4.75. The van der Waals surface area contributed by atoms with Crippen molar-refractivity contribution in [2.24, 2.45) is 0 Å². The largest absolute Gasteiger partial charge is 0.497 e. The summed E-state index contributed by atoms with van der Waals surface area (Å²) in [6.45, 7) is 5.88. The third kappa shape index (κ3) is 5.76. The average molecular weight is 529 g/mol. The van der Waals surface area contributed by atoms with Crippen LogP contribution in [0.1, 0.15) is 39.9 Å². The molecule has 0 radical (unpaired) electrons. The van der Waals surface area contributed by atoms with Crippen LogP contribution in [0, 0.1) is 13.8 Å². The highest BCUT2D eigenvalue weighted by atomic mass is 16.5. The predicted octanol–water partition coefficient (Wildman–Crippen LogP) is 4.17. The lowest BCUT2D eigenvalue weighted by molar-refractivity contribution is 0.163. The highest BCUT2D eigenvalue weighted by Gasteiger charge is 2.31. The van der Waals surface area contributed by atoms with Crippen molar-refractivity contribution in [1.29, 1.82) is 0 Å². The molecule has 0 amide bonds. The van der Waals surface area contributed by atoms with E-state index in [1.165, 1.54) is 0 Å². The van der Waals surface area contributed by atoms with E-state index in [0.717, 1.165) is 39.1 Å². The van der Waals surface area contributed by atoms with Crippen molar-refractivity contribution in [1.82, 2.24) is 30.1 Å². The Balaban J connectivity index is 1.68. The summed E-state index contributed by atoms with van der Waals surface area (Å²) in [4.78, 5) is 19.0. The number of benzene rings is 2. The first-order chi connectivity index (χ1) is 19.0. The van der Waals surface area contributed by atoms with Gasteiger partial charge in [0.25, 0.3) is 5.56 Å². The minimum absolute atomic E-state index is 0.198. The predicted molar refractivity (Wildman–Crippen MR) is 147 cm³/mol. The van der Waals surface area contributed by atoms with Crippen molar-refractivity contribution in [3.05, 3.63) is 105 Å². The Hall–Kier alpha value is -4.28. The van der Waals surface area contributed by atoms with E-state index in [-0.39, 0.29) is 5.56 Å². The van der Waals surface area contributed by atoms with Crippen molar-refractivity contribution in [3.8, 4) is 5.75 Å². The third-order valence-corrected chi connectivity index (χ3v) is 6.94. The molecule has 0 unspecified atom stereocenters. The minimum atomic E-state index is -0.584. The number of ether oxygens (including phenoxy) is 2. The van der Waals surface area contributed by atoms with Gasteiger partial charge in [-0.15, -0.1) is 5.10 Å². The van der Waals surface area contributed by atoms with E-state index in [0.29, 0.717) is 37.6 Å². The Morgan fingerprint density at radius 2 is 1.85 bits per heavy atom. The molecule has 2 aromatic carbocycles. The zero-order valence-electron chi connectivity index (χ0n) is 22.5. The summed E-state index contributed by atoms with van der Waals surface area (Å²) < 4.78 is 18.1. The van der Waals surface area contributed by atoms with Crippen LogP contribution in [0.3, 0.4) is 0 Å². The Morgan fingerprint density at radius 3 is 2.56 bits per heavy atom. The van der Waals surface area contributed by atoms with E-state index in [2.05, 4.69) is 38.4 Å². The van der Waals surface area contributed by atoms with Gasteiger partial charge in [-0.1, -0.05) is 12.1 Å².